The summed E-state index contributed by atoms with van der Waals surface area (Å²) in [5.74, 6) is -0.567. The maximum absolute atomic E-state index is 11.2. The van der Waals surface area contributed by atoms with Gasteiger partial charge in [0.2, 0.25) is 11.8 Å². The van der Waals surface area contributed by atoms with E-state index in [4.69, 9.17) is 16.6 Å². The van der Waals surface area contributed by atoms with E-state index in [1.807, 2.05) is 27.7 Å². The predicted octanol–water partition coefficient (Wildman–Crippen LogP) is -0.424. The average Bonchev–Trinajstić information content (AvgIpc) is 2.51. The van der Waals surface area contributed by atoms with Gasteiger partial charge >= 0.3 is 0 Å². The molecule has 124 valence electrons. The molecule has 0 radical (unpaired) electrons. The summed E-state index contributed by atoms with van der Waals surface area (Å²) < 4.78 is 0. The number of nitrogens with one attached hydrogen (secondary N) is 2. The molecule has 0 aromatic rings. The van der Waals surface area contributed by atoms with Crippen molar-refractivity contribution in [1.82, 2.24) is 10.6 Å². The van der Waals surface area contributed by atoms with Crippen molar-refractivity contribution in [3.8, 4) is 0 Å². The van der Waals surface area contributed by atoms with E-state index in [2.05, 4.69) is 10.6 Å². The van der Waals surface area contributed by atoms with Crippen LogP contribution in [0.3, 0.4) is 0 Å². The highest BCUT2D eigenvalue weighted by atomic mass is 16.2. The van der Waals surface area contributed by atoms with Crippen LogP contribution >= 0.6 is 0 Å². The van der Waals surface area contributed by atoms with Crippen molar-refractivity contribution >= 4 is 11.8 Å². The number of carbonyl (C=O) groups is 2. The van der Waals surface area contributed by atoms with Crippen LogP contribution in [0, 0.1) is 0 Å². The van der Waals surface area contributed by atoms with Gasteiger partial charge in [-0.3, -0.25) is 9.59 Å². The first kappa shape index (κ1) is 27.2. The highest BCUT2D eigenvalue weighted by molar-refractivity contribution is 5.87. The normalized spacial score (nSPS) is 9.25. The summed E-state index contributed by atoms with van der Waals surface area (Å²) in [5, 5.41) is 12.0. The molecule has 7 N–H and O–H groups in total. The number of likely N-dealkylation sites (N-methyl/N-ethyl adjacent to an activating group) is 1. The summed E-state index contributed by atoms with van der Waals surface area (Å²) in [6.45, 7) is 10.7. The SMILES string of the molecule is CC.CC.CCNC(=O)CNC(=O)C(N)CCN.CO. The van der Waals surface area contributed by atoms with Crippen LogP contribution in [0.4, 0.5) is 0 Å². The molecule has 0 fully saturated rings. The van der Waals surface area contributed by atoms with Crippen LogP contribution in [0.15, 0.2) is 0 Å². The Morgan fingerprint density at radius 3 is 1.90 bits per heavy atom. The van der Waals surface area contributed by atoms with E-state index in [0.717, 1.165) is 7.11 Å². The largest absolute Gasteiger partial charge is 0.400 e. The summed E-state index contributed by atoms with van der Waals surface area (Å²) in [6.07, 6.45) is 0.418. The molecule has 0 bridgehead atoms. The summed E-state index contributed by atoms with van der Waals surface area (Å²) in [5.41, 5.74) is 10.7. The molecule has 1 unspecified atom stereocenters. The zero-order valence-electron chi connectivity index (χ0n) is 13.8. The van der Waals surface area contributed by atoms with Gasteiger partial charge in [-0.15, -0.1) is 0 Å². The number of hydrogen-bond donors (Lipinski definition) is 5. The quantitative estimate of drug-likeness (QED) is 0.454. The second-order valence-electron chi connectivity index (χ2n) is 2.86. The Bertz CT molecular complexity index is 202. The second kappa shape index (κ2) is 26.4. The standard InChI is InChI=1S/C8H18N4O2.2C2H6.CH4O/c1-2-11-7(13)5-12-8(14)6(10)3-4-9;3*1-2/h6H,2-5,9-10H2,1H3,(H,11,13)(H,12,14);2*1-2H3;2H,1H3. The Morgan fingerprint density at radius 1 is 1.10 bits per heavy atom. The Kier molecular flexibility index (Phi) is 35.9. The van der Waals surface area contributed by atoms with E-state index in [9.17, 15) is 9.59 Å². The van der Waals surface area contributed by atoms with Gasteiger partial charge in [0, 0.05) is 13.7 Å². The molecule has 0 aliphatic rings. The van der Waals surface area contributed by atoms with E-state index >= 15 is 0 Å². The van der Waals surface area contributed by atoms with Gasteiger partial charge in [-0.2, -0.15) is 0 Å². The molecule has 0 aliphatic carbocycles. The summed E-state index contributed by atoms with van der Waals surface area (Å²) >= 11 is 0. The molecular weight excluding hydrogens is 260 g/mol. The first-order valence-electron chi connectivity index (χ1n) is 7.06. The number of carbonyl (C=O) groups excluding carboxylic acids is 2. The van der Waals surface area contributed by atoms with Crippen LogP contribution < -0.4 is 22.1 Å². The van der Waals surface area contributed by atoms with Gasteiger partial charge in [-0.25, -0.2) is 0 Å². The lowest BCUT2D eigenvalue weighted by atomic mass is 10.2. The minimum atomic E-state index is -0.630. The van der Waals surface area contributed by atoms with E-state index < -0.39 is 6.04 Å². The smallest absolute Gasteiger partial charge is 0.239 e. The Hall–Kier alpha value is -1.18. The molecular formula is C13H34N4O3. The number of nitrogens with two attached hydrogens (primary N) is 2. The maximum Gasteiger partial charge on any atom is 0.239 e. The molecule has 0 rings (SSSR count). The van der Waals surface area contributed by atoms with Crippen LogP contribution in [0.2, 0.25) is 0 Å². The molecule has 0 aliphatic heterocycles. The lowest BCUT2D eigenvalue weighted by Gasteiger charge is -2.10. The Labute approximate surface area is 123 Å². The van der Waals surface area contributed by atoms with E-state index in [-0.39, 0.29) is 18.4 Å². The third kappa shape index (κ3) is 22.0. The summed E-state index contributed by atoms with van der Waals surface area (Å²) in [6, 6.07) is -0.630. The third-order valence-electron chi connectivity index (χ3n) is 1.61. The van der Waals surface area contributed by atoms with Crippen LogP contribution in [-0.4, -0.2) is 49.7 Å². The molecule has 7 heteroatoms. The van der Waals surface area contributed by atoms with Crippen LogP contribution in [0.5, 0.6) is 0 Å². The fraction of sp³-hybridized carbons (Fsp3) is 0.846. The van der Waals surface area contributed by atoms with Crippen molar-refractivity contribution in [3.63, 3.8) is 0 Å². The molecule has 1 atom stereocenters. The van der Waals surface area contributed by atoms with Gasteiger partial charge in [0.25, 0.3) is 0 Å². The Balaban J connectivity index is -0.000000187. The first-order valence-corrected chi connectivity index (χ1v) is 7.06. The van der Waals surface area contributed by atoms with Crippen LogP contribution in [0.25, 0.3) is 0 Å². The number of amides is 2. The zero-order chi connectivity index (χ0) is 17.0. The molecule has 2 amide bonds. The van der Waals surface area contributed by atoms with Crippen LogP contribution in [-0.2, 0) is 9.59 Å². The van der Waals surface area contributed by atoms with Gasteiger partial charge in [0.05, 0.1) is 12.6 Å². The van der Waals surface area contributed by atoms with Gasteiger partial charge in [-0.1, -0.05) is 27.7 Å². The lowest BCUT2D eigenvalue weighted by molar-refractivity contribution is -0.126. The fourth-order valence-electron chi connectivity index (χ4n) is 0.869. The maximum atomic E-state index is 11.2. The van der Waals surface area contributed by atoms with Gasteiger partial charge in [0.1, 0.15) is 0 Å². The van der Waals surface area contributed by atoms with E-state index in [1.165, 1.54) is 0 Å². The fourth-order valence-corrected chi connectivity index (χ4v) is 0.869. The molecule has 20 heavy (non-hydrogen) atoms. The van der Waals surface area contributed by atoms with Gasteiger partial charge in [-0.05, 0) is 19.9 Å². The van der Waals surface area contributed by atoms with Gasteiger partial charge in [0.15, 0.2) is 0 Å². The first-order chi connectivity index (χ1) is 9.61. The van der Waals surface area contributed by atoms with Crippen LogP contribution in [0.1, 0.15) is 41.0 Å². The summed E-state index contributed by atoms with van der Waals surface area (Å²) in [7, 11) is 1.00. The Morgan fingerprint density at radius 2 is 1.55 bits per heavy atom. The average molecular weight is 294 g/mol. The molecule has 7 nitrogen and oxygen atoms in total. The number of rotatable bonds is 6. The molecule has 0 saturated heterocycles. The highest BCUT2D eigenvalue weighted by Gasteiger charge is 2.12. The van der Waals surface area contributed by atoms with E-state index in [0.29, 0.717) is 19.5 Å². The predicted molar refractivity (Wildman–Crippen MR) is 84.2 cm³/mol. The summed E-state index contributed by atoms with van der Waals surface area (Å²) in [4.78, 5) is 22.1. The van der Waals surface area contributed by atoms with Crippen molar-refractivity contribution < 1.29 is 14.7 Å². The van der Waals surface area contributed by atoms with Gasteiger partial charge < -0.3 is 27.2 Å². The zero-order valence-corrected chi connectivity index (χ0v) is 13.8. The lowest BCUT2D eigenvalue weighted by Crippen LogP contribution is -2.45. The van der Waals surface area contributed by atoms with Crippen molar-refractivity contribution in [1.29, 1.82) is 0 Å². The number of aliphatic hydroxyl groups is 1. The topological polar surface area (TPSA) is 130 Å². The minimum absolute atomic E-state index is 0.0368. The molecule has 0 saturated carbocycles. The van der Waals surface area contributed by atoms with Crippen molar-refractivity contribution in [2.45, 2.75) is 47.1 Å². The molecule has 0 spiro atoms. The monoisotopic (exact) mass is 294 g/mol. The van der Waals surface area contributed by atoms with Crippen molar-refractivity contribution in [2.24, 2.45) is 11.5 Å². The molecule has 0 aromatic carbocycles. The molecule has 0 aromatic heterocycles. The minimum Gasteiger partial charge on any atom is -0.400 e. The third-order valence-corrected chi connectivity index (χ3v) is 1.61. The van der Waals surface area contributed by atoms with E-state index in [1.54, 1.807) is 6.92 Å². The molecule has 0 heterocycles. The number of aliphatic hydroxyl groups excluding tert-OH is 1. The number of hydrogen-bond acceptors (Lipinski definition) is 5. The van der Waals surface area contributed by atoms with Crippen molar-refractivity contribution in [3.05, 3.63) is 0 Å². The van der Waals surface area contributed by atoms with Crippen molar-refractivity contribution in [2.75, 3.05) is 26.7 Å². The highest BCUT2D eigenvalue weighted by Crippen LogP contribution is 1.84. The second-order valence-corrected chi connectivity index (χ2v) is 2.86.